The third kappa shape index (κ3) is 3.63. The van der Waals surface area contributed by atoms with Crippen LogP contribution in [0.25, 0.3) is 0 Å². The molecule has 0 aliphatic heterocycles. The van der Waals surface area contributed by atoms with E-state index in [0.29, 0.717) is 0 Å². The maximum absolute atomic E-state index is 2.51. The molecular weight excluding hydrogens is 349 g/mol. The summed E-state index contributed by atoms with van der Waals surface area (Å²) in [7, 11) is -1.57. The molecule has 0 aromatic rings. The van der Waals surface area contributed by atoms with Gasteiger partial charge in [-0.05, 0) is 0 Å². The summed E-state index contributed by atoms with van der Waals surface area (Å²) < 4.78 is 1.15. The van der Waals surface area contributed by atoms with Crippen LogP contribution in [-0.4, -0.2) is 40.9 Å². The summed E-state index contributed by atoms with van der Waals surface area (Å²) in [5.74, 6) is 0. The van der Waals surface area contributed by atoms with Gasteiger partial charge in [-0.2, -0.15) is 0 Å². The second-order valence-electron chi connectivity index (χ2n) is 5.13. The summed E-state index contributed by atoms with van der Waals surface area (Å²) in [4.78, 5) is 0. The molecule has 0 N–H and O–H groups in total. The minimum atomic E-state index is -0.785. The topological polar surface area (TPSA) is 0 Å². The Hall–Kier alpha value is 1.32. The summed E-state index contributed by atoms with van der Waals surface area (Å²) >= 11 is 1.64. The standard InChI is InChI=1S/C7H19Si2.Bi/c1-8(2,3)7-9(4,5)6;/h7H,1-6H3;. The fourth-order valence-corrected chi connectivity index (χ4v) is 11.7. The van der Waals surface area contributed by atoms with Crippen LogP contribution in [0.15, 0.2) is 0 Å². The Morgan fingerprint density at radius 3 is 1.00 bits per heavy atom. The number of hydrogen-bond acceptors (Lipinski definition) is 0. The quantitative estimate of drug-likeness (QED) is 0.658. The molecule has 0 amide bonds. The zero-order valence-corrected chi connectivity index (χ0v) is 13.5. The van der Waals surface area contributed by atoms with E-state index in [-0.39, 0.29) is 0 Å². The molecule has 0 unspecified atom stereocenters. The minimum absolute atomic E-state index is 0.785. The molecule has 10 heavy (non-hydrogen) atoms. The number of hydrogen-bond donors (Lipinski definition) is 0. The van der Waals surface area contributed by atoms with E-state index < -0.39 is 16.1 Å². The molecular formula is C7H19BiSi2. The van der Waals surface area contributed by atoms with E-state index in [9.17, 15) is 0 Å². The molecule has 0 saturated carbocycles. The van der Waals surface area contributed by atoms with Gasteiger partial charge in [0.25, 0.3) is 0 Å². The van der Waals surface area contributed by atoms with Crippen LogP contribution in [0.3, 0.4) is 0 Å². The van der Waals surface area contributed by atoms with Gasteiger partial charge in [0.15, 0.2) is 0 Å². The third-order valence-electron chi connectivity index (χ3n) is 1.64. The molecule has 0 fully saturated rings. The molecule has 0 spiro atoms. The van der Waals surface area contributed by atoms with Gasteiger partial charge in [-0.3, -0.25) is 0 Å². The van der Waals surface area contributed by atoms with Gasteiger partial charge in [0, 0.05) is 0 Å². The molecule has 60 valence electrons. The average molecular weight is 368 g/mol. The molecule has 0 aromatic heterocycles. The summed E-state index contributed by atoms with van der Waals surface area (Å²) in [5.41, 5.74) is 0. The molecule has 0 aliphatic rings. The average Bonchev–Trinajstić information content (AvgIpc) is 1.59. The zero-order valence-electron chi connectivity index (χ0n) is 8.02. The van der Waals surface area contributed by atoms with Gasteiger partial charge in [-0.25, -0.2) is 0 Å². The van der Waals surface area contributed by atoms with Crippen molar-refractivity contribution in [1.82, 2.24) is 0 Å². The predicted octanol–water partition coefficient (Wildman–Crippen LogP) is 2.70. The fourth-order valence-electron chi connectivity index (χ4n) is 1.30. The van der Waals surface area contributed by atoms with E-state index in [4.69, 9.17) is 0 Å². The first-order valence-electron chi connectivity index (χ1n) is 3.84. The van der Waals surface area contributed by atoms with E-state index in [1.54, 1.807) is 24.7 Å². The normalized spacial score (nSPS) is 14.4. The van der Waals surface area contributed by atoms with Crippen molar-refractivity contribution in [2.24, 2.45) is 0 Å². The van der Waals surface area contributed by atoms with E-state index in [1.807, 2.05) is 0 Å². The van der Waals surface area contributed by atoms with E-state index in [2.05, 4.69) is 39.3 Å². The van der Waals surface area contributed by atoms with E-state index >= 15 is 0 Å². The van der Waals surface area contributed by atoms with E-state index in [0.717, 1.165) is 2.87 Å². The Labute approximate surface area is 82.7 Å². The second kappa shape index (κ2) is 3.36. The van der Waals surface area contributed by atoms with Gasteiger partial charge in [-0.1, -0.05) is 0 Å². The molecule has 3 heteroatoms. The van der Waals surface area contributed by atoms with Crippen molar-refractivity contribution < 1.29 is 0 Å². The van der Waals surface area contributed by atoms with Crippen molar-refractivity contribution in [2.45, 2.75) is 42.2 Å². The molecule has 0 heterocycles. The molecule has 0 nitrogen and oxygen atoms in total. The fraction of sp³-hybridized carbons (Fsp3) is 1.00. The van der Waals surface area contributed by atoms with Crippen LogP contribution >= 0.6 is 0 Å². The van der Waals surface area contributed by atoms with Crippen LogP contribution in [-0.2, 0) is 0 Å². The van der Waals surface area contributed by atoms with Crippen LogP contribution in [0.1, 0.15) is 0 Å². The second-order valence-corrected chi connectivity index (χ2v) is 22.3. The Balaban J connectivity index is 4.23. The van der Waals surface area contributed by atoms with Crippen LogP contribution in [0.4, 0.5) is 0 Å². The van der Waals surface area contributed by atoms with Crippen molar-refractivity contribution in [1.29, 1.82) is 0 Å². The number of rotatable bonds is 2. The zero-order chi connectivity index (χ0) is 8.58. The van der Waals surface area contributed by atoms with Gasteiger partial charge in [0.2, 0.25) is 0 Å². The molecule has 2 radical (unpaired) electrons. The molecule has 0 aliphatic carbocycles. The molecule has 0 rings (SSSR count). The first kappa shape index (κ1) is 11.3. The van der Waals surface area contributed by atoms with Gasteiger partial charge in [0.05, 0.1) is 0 Å². The third-order valence-corrected chi connectivity index (χ3v) is 28.2. The molecule has 0 saturated heterocycles. The van der Waals surface area contributed by atoms with Crippen molar-refractivity contribution in [3.8, 4) is 0 Å². The molecule has 0 atom stereocenters. The van der Waals surface area contributed by atoms with Crippen molar-refractivity contribution in [2.75, 3.05) is 0 Å². The van der Waals surface area contributed by atoms with Crippen LogP contribution < -0.4 is 0 Å². The van der Waals surface area contributed by atoms with Gasteiger partial charge in [-0.15, -0.1) is 0 Å². The summed E-state index contributed by atoms with van der Waals surface area (Å²) in [6.07, 6.45) is 0. The van der Waals surface area contributed by atoms with Gasteiger partial charge >= 0.3 is 83.0 Å². The van der Waals surface area contributed by atoms with Crippen molar-refractivity contribution in [3.05, 3.63) is 0 Å². The van der Waals surface area contributed by atoms with Crippen molar-refractivity contribution in [3.63, 3.8) is 0 Å². The Kier molecular flexibility index (Phi) is 3.81. The van der Waals surface area contributed by atoms with Gasteiger partial charge < -0.3 is 0 Å². The van der Waals surface area contributed by atoms with Gasteiger partial charge in [0.1, 0.15) is 0 Å². The predicted molar refractivity (Wildman–Crippen MR) is 56.2 cm³/mol. The summed E-state index contributed by atoms with van der Waals surface area (Å²) in [6.45, 7) is 15.1. The molecule has 0 aromatic carbocycles. The summed E-state index contributed by atoms with van der Waals surface area (Å²) in [6, 6.07) is 0. The van der Waals surface area contributed by atoms with Crippen LogP contribution in [0.2, 0.25) is 42.2 Å². The SMILES string of the molecule is C[Si](C)(C)[CH]([Bi])[Si](C)(C)C. The molecule has 0 bridgehead atoms. The Morgan fingerprint density at radius 2 is 1.00 bits per heavy atom. The summed E-state index contributed by atoms with van der Waals surface area (Å²) in [5, 5.41) is 0. The maximum atomic E-state index is 2.51. The monoisotopic (exact) mass is 368 g/mol. The van der Waals surface area contributed by atoms with Crippen LogP contribution in [0, 0.1) is 0 Å². The van der Waals surface area contributed by atoms with E-state index in [1.165, 1.54) is 0 Å². The van der Waals surface area contributed by atoms with Crippen LogP contribution in [0.5, 0.6) is 0 Å². The Bertz CT molecular complexity index is 95.8. The first-order chi connectivity index (χ1) is 4.15. The Morgan fingerprint density at radius 1 is 0.800 bits per heavy atom. The van der Waals surface area contributed by atoms with Crippen molar-refractivity contribution >= 4 is 40.9 Å². The first-order valence-corrected chi connectivity index (χ1v) is 13.0.